The van der Waals surface area contributed by atoms with E-state index in [9.17, 15) is 0 Å². The molecule has 0 amide bonds. The summed E-state index contributed by atoms with van der Waals surface area (Å²) in [6.45, 7) is 4.21. The van der Waals surface area contributed by atoms with Gasteiger partial charge in [-0.3, -0.25) is 4.90 Å². The normalized spacial score (nSPS) is 19.4. The van der Waals surface area contributed by atoms with Crippen molar-refractivity contribution in [3.8, 4) is 5.75 Å². The lowest BCUT2D eigenvalue weighted by Gasteiger charge is -2.32. The van der Waals surface area contributed by atoms with Crippen LogP contribution in [0.15, 0.2) is 22.7 Å². The first-order valence-corrected chi connectivity index (χ1v) is 7.77. The van der Waals surface area contributed by atoms with Crippen LogP contribution in [-0.4, -0.2) is 31.6 Å². The third-order valence-electron chi connectivity index (χ3n) is 3.80. The molecule has 1 aliphatic rings. The van der Waals surface area contributed by atoms with Crippen LogP contribution in [0.1, 0.15) is 24.8 Å². The molecule has 0 aliphatic carbocycles. The third-order valence-corrected chi connectivity index (χ3v) is 4.42. The van der Waals surface area contributed by atoms with Gasteiger partial charge in [0, 0.05) is 13.1 Å². The van der Waals surface area contributed by atoms with Gasteiger partial charge in [-0.25, -0.2) is 0 Å². The molecule has 0 aromatic heterocycles. The van der Waals surface area contributed by atoms with Crippen molar-refractivity contribution in [2.45, 2.75) is 25.8 Å². The topological polar surface area (TPSA) is 38.5 Å². The SMILES string of the molecule is COc1ccc(CN2CCCC(CCN)C2)cc1Br.Cl. The number of benzene rings is 1. The molecule has 5 heteroatoms. The standard InChI is InChI=1S/C15H23BrN2O.ClH/c1-19-15-5-4-13(9-14(15)16)11-18-8-2-3-12(10-18)6-7-17;/h4-5,9,12H,2-3,6-8,10-11,17H2,1H3;1H. The summed E-state index contributed by atoms with van der Waals surface area (Å²) in [6, 6.07) is 6.34. The van der Waals surface area contributed by atoms with Gasteiger partial charge in [-0.1, -0.05) is 6.07 Å². The van der Waals surface area contributed by atoms with E-state index in [1.54, 1.807) is 7.11 Å². The number of rotatable bonds is 5. The van der Waals surface area contributed by atoms with Crippen molar-refractivity contribution in [1.29, 1.82) is 0 Å². The lowest BCUT2D eigenvalue weighted by atomic mass is 9.94. The summed E-state index contributed by atoms with van der Waals surface area (Å²) in [6.07, 6.45) is 3.78. The maximum absolute atomic E-state index is 5.67. The molecule has 1 aliphatic heterocycles. The molecular formula is C15H24BrClN2O. The van der Waals surface area contributed by atoms with Crippen LogP contribution in [0.2, 0.25) is 0 Å². The van der Waals surface area contributed by atoms with Gasteiger partial charge in [0.25, 0.3) is 0 Å². The summed E-state index contributed by atoms with van der Waals surface area (Å²) in [7, 11) is 1.70. The zero-order valence-electron chi connectivity index (χ0n) is 12.0. The Labute approximate surface area is 136 Å². The first-order valence-electron chi connectivity index (χ1n) is 6.97. The molecule has 3 nitrogen and oxygen atoms in total. The van der Waals surface area contributed by atoms with E-state index in [2.05, 4.69) is 33.0 Å². The minimum absolute atomic E-state index is 0. The maximum atomic E-state index is 5.67. The summed E-state index contributed by atoms with van der Waals surface area (Å²) in [4.78, 5) is 2.54. The Morgan fingerprint density at radius 3 is 2.90 bits per heavy atom. The summed E-state index contributed by atoms with van der Waals surface area (Å²) >= 11 is 3.55. The van der Waals surface area contributed by atoms with Crippen molar-refractivity contribution in [2.24, 2.45) is 11.7 Å². The number of piperidine rings is 1. The average molecular weight is 364 g/mol. The van der Waals surface area contributed by atoms with E-state index in [-0.39, 0.29) is 12.4 Å². The van der Waals surface area contributed by atoms with E-state index >= 15 is 0 Å². The first-order chi connectivity index (χ1) is 9.22. The molecule has 1 fully saturated rings. The van der Waals surface area contributed by atoms with Gasteiger partial charge >= 0.3 is 0 Å². The molecule has 0 saturated carbocycles. The van der Waals surface area contributed by atoms with Crippen LogP contribution in [0.25, 0.3) is 0 Å². The lowest BCUT2D eigenvalue weighted by Crippen LogP contribution is -2.35. The number of nitrogens with zero attached hydrogens (tertiary/aromatic N) is 1. The Morgan fingerprint density at radius 1 is 1.45 bits per heavy atom. The number of likely N-dealkylation sites (tertiary alicyclic amines) is 1. The first kappa shape index (κ1) is 17.8. The van der Waals surface area contributed by atoms with Gasteiger partial charge in [0.2, 0.25) is 0 Å². The Morgan fingerprint density at radius 2 is 2.25 bits per heavy atom. The van der Waals surface area contributed by atoms with Gasteiger partial charge in [0.05, 0.1) is 11.6 Å². The Kier molecular flexibility index (Phi) is 7.88. The van der Waals surface area contributed by atoms with Crippen LogP contribution in [-0.2, 0) is 6.54 Å². The highest BCUT2D eigenvalue weighted by Crippen LogP contribution is 2.27. The zero-order valence-corrected chi connectivity index (χ0v) is 14.4. The van der Waals surface area contributed by atoms with E-state index in [1.165, 1.54) is 31.5 Å². The molecule has 1 aromatic carbocycles. The van der Waals surface area contributed by atoms with Crippen LogP contribution in [0.3, 0.4) is 0 Å². The fourth-order valence-electron chi connectivity index (χ4n) is 2.83. The highest BCUT2D eigenvalue weighted by molar-refractivity contribution is 9.10. The van der Waals surface area contributed by atoms with Gasteiger partial charge in [-0.05, 0) is 71.9 Å². The van der Waals surface area contributed by atoms with Gasteiger partial charge < -0.3 is 10.5 Å². The van der Waals surface area contributed by atoms with E-state index in [1.807, 2.05) is 6.07 Å². The number of hydrogen-bond acceptors (Lipinski definition) is 3. The van der Waals surface area contributed by atoms with E-state index < -0.39 is 0 Å². The average Bonchev–Trinajstić information content (AvgIpc) is 2.40. The summed E-state index contributed by atoms with van der Waals surface area (Å²) in [5.74, 6) is 1.67. The molecule has 0 radical (unpaired) electrons. The van der Waals surface area contributed by atoms with Crippen LogP contribution >= 0.6 is 28.3 Å². The Balaban J connectivity index is 0.00000200. The number of hydrogen-bond donors (Lipinski definition) is 1. The Hall–Kier alpha value is -0.290. The minimum Gasteiger partial charge on any atom is -0.496 e. The van der Waals surface area contributed by atoms with Crippen LogP contribution in [0.4, 0.5) is 0 Å². The zero-order chi connectivity index (χ0) is 13.7. The fourth-order valence-corrected chi connectivity index (χ4v) is 3.42. The Bertz CT molecular complexity index is 415. The van der Waals surface area contributed by atoms with Gasteiger partial charge in [0.1, 0.15) is 5.75 Å². The van der Waals surface area contributed by atoms with Crippen molar-refractivity contribution in [2.75, 3.05) is 26.7 Å². The van der Waals surface area contributed by atoms with Crippen molar-refractivity contribution in [1.82, 2.24) is 4.90 Å². The maximum Gasteiger partial charge on any atom is 0.133 e. The second-order valence-corrected chi connectivity index (χ2v) is 6.14. The summed E-state index contributed by atoms with van der Waals surface area (Å²) < 4.78 is 6.30. The number of methoxy groups -OCH3 is 1. The highest BCUT2D eigenvalue weighted by Gasteiger charge is 2.19. The van der Waals surface area contributed by atoms with Crippen LogP contribution in [0.5, 0.6) is 5.75 Å². The predicted octanol–water partition coefficient (Wildman–Crippen LogP) is 3.44. The second-order valence-electron chi connectivity index (χ2n) is 5.29. The van der Waals surface area contributed by atoms with Crippen LogP contribution < -0.4 is 10.5 Å². The van der Waals surface area contributed by atoms with Crippen molar-refractivity contribution < 1.29 is 4.74 Å². The van der Waals surface area contributed by atoms with Crippen molar-refractivity contribution in [3.05, 3.63) is 28.2 Å². The predicted molar refractivity (Wildman–Crippen MR) is 89.6 cm³/mol. The largest absolute Gasteiger partial charge is 0.496 e. The van der Waals surface area contributed by atoms with Crippen molar-refractivity contribution in [3.63, 3.8) is 0 Å². The van der Waals surface area contributed by atoms with E-state index in [4.69, 9.17) is 10.5 Å². The van der Waals surface area contributed by atoms with Gasteiger partial charge in [0.15, 0.2) is 0 Å². The molecule has 114 valence electrons. The fraction of sp³-hybridized carbons (Fsp3) is 0.600. The third kappa shape index (κ3) is 4.92. The summed E-state index contributed by atoms with van der Waals surface area (Å²) in [5, 5.41) is 0. The molecule has 20 heavy (non-hydrogen) atoms. The number of ether oxygens (including phenoxy) is 1. The molecule has 0 bridgehead atoms. The quantitative estimate of drug-likeness (QED) is 0.871. The highest BCUT2D eigenvalue weighted by atomic mass is 79.9. The van der Waals surface area contributed by atoms with E-state index in [0.29, 0.717) is 0 Å². The van der Waals surface area contributed by atoms with Crippen LogP contribution in [0, 0.1) is 5.92 Å². The van der Waals surface area contributed by atoms with Crippen molar-refractivity contribution >= 4 is 28.3 Å². The summed E-state index contributed by atoms with van der Waals surface area (Å²) in [5.41, 5.74) is 7.00. The molecule has 1 unspecified atom stereocenters. The van der Waals surface area contributed by atoms with E-state index in [0.717, 1.165) is 35.7 Å². The molecule has 1 heterocycles. The molecular weight excluding hydrogens is 340 g/mol. The molecule has 1 saturated heterocycles. The smallest absolute Gasteiger partial charge is 0.133 e. The molecule has 0 spiro atoms. The molecule has 2 rings (SSSR count). The van der Waals surface area contributed by atoms with Gasteiger partial charge in [-0.2, -0.15) is 0 Å². The molecule has 2 N–H and O–H groups in total. The van der Waals surface area contributed by atoms with Gasteiger partial charge in [-0.15, -0.1) is 12.4 Å². The number of halogens is 2. The number of nitrogens with two attached hydrogens (primary N) is 1. The lowest BCUT2D eigenvalue weighted by molar-refractivity contribution is 0.163. The molecule has 1 atom stereocenters. The second kappa shape index (κ2) is 8.88. The minimum atomic E-state index is 0. The molecule has 1 aromatic rings. The monoisotopic (exact) mass is 362 g/mol.